The highest BCUT2D eigenvalue weighted by molar-refractivity contribution is 5.89. The van der Waals surface area contributed by atoms with Gasteiger partial charge in [0, 0.05) is 6.20 Å². The Morgan fingerprint density at radius 1 is 1.43 bits per heavy atom. The molecule has 0 aromatic carbocycles. The lowest BCUT2D eigenvalue weighted by Crippen LogP contribution is -2.16. The van der Waals surface area contributed by atoms with E-state index in [0.717, 1.165) is 0 Å². The molecule has 0 bridgehead atoms. The number of hydrogen-bond acceptors (Lipinski definition) is 2. The van der Waals surface area contributed by atoms with Crippen LogP contribution >= 0.6 is 0 Å². The second kappa shape index (κ2) is 3.24. The normalized spacial score (nSPS) is 11.4. The summed E-state index contributed by atoms with van der Waals surface area (Å²) in [5, 5.41) is 8.36. The maximum Gasteiger partial charge on any atom is 0.421 e. The number of halogens is 4. The Labute approximate surface area is 75.0 Å². The van der Waals surface area contributed by atoms with Gasteiger partial charge in [0.25, 0.3) is 0 Å². The van der Waals surface area contributed by atoms with Crippen LogP contribution in [-0.2, 0) is 6.18 Å². The van der Waals surface area contributed by atoms with Gasteiger partial charge in [0.15, 0.2) is 0 Å². The zero-order valence-electron chi connectivity index (χ0n) is 6.47. The highest BCUT2D eigenvalue weighted by Crippen LogP contribution is 2.33. The van der Waals surface area contributed by atoms with Crippen molar-refractivity contribution in [2.45, 2.75) is 6.18 Å². The van der Waals surface area contributed by atoms with E-state index in [0.29, 0.717) is 12.3 Å². The van der Waals surface area contributed by atoms with Crippen LogP contribution in [0.25, 0.3) is 0 Å². The van der Waals surface area contributed by atoms with Crippen molar-refractivity contribution in [3.8, 4) is 0 Å². The van der Waals surface area contributed by atoms with Gasteiger partial charge in [0.05, 0.1) is 5.56 Å². The first kappa shape index (κ1) is 10.4. The SMILES string of the molecule is O=C(O)c1ccnc(F)c1C(F)(F)F. The van der Waals surface area contributed by atoms with Crippen LogP contribution in [0.1, 0.15) is 15.9 Å². The Hall–Kier alpha value is -1.66. The molecule has 7 heteroatoms. The lowest BCUT2D eigenvalue weighted by molar-refractivity contribution is -0.140. The van der Waals surface area contributed by atoms with Gasteiger partial charge in [-0.05, 0) is 6.07 Å². The molecule has 0 spiro atoms. The Bertz CT molecular complexity index is 374. The topological polar surface area (TPSA) is 50.2 Å². The zero-order valence-corrected chi connectivity index (χ0v) is 6.47. The van der Waals surface area contributed by atoms with E-state index in [1.807, 2.05) is 0 Å². The first-order valence-electron chi connectivity index (χ1n) is 3.29. The number of carbonyl (C=O) groups is 1. The molecule has 14 heavy (non-hydrogen) atoms. The quantitative estimate of drug-likeness (QED) is 0.567. The fourth-order valence-electron chi connectivity index (χ4n) is 0.884. The molecule has 1 N–H and O–H groups in total. The summed E-state index contributed by atoms with van der Waals surface area (Å²) in [4.78, 5) is 13.1. The number of aromatic carboxylic acids is 1. The Balaban J connectivity index is 3.45. The molecule has 0 radical (unpaired) electrons. The molecule has 1 aromatic rings. The first-order valence-corrected chi connectivity index (χ1v) is 3.29. The molecule has 0 aliphatic heterocycles. The molecule has 1 aromatic heterocycles. The average Bonchev–Trinajstić information content (AvgIpc) is 2.01. The van der Waals surface area contributed by atoms with E-state index in [9.17, 15) is 22.4 Å². The number of hydrogen-bond donors (Lipinski definition) is 1. The molecule has 1 heterocycles. The summed E-state index contributed by atoms with van der Waals surface area (Å²) in [6.45, 7) is 0. The van der Waals surface area contributed by atoms with Crippen LogP contribution in [0.3, 0.4) is 0 Å². The van der Waals surface area contributed by atoms with E-state index in [4.69, 9.17) is 5.11 Å². The lowest BCUT2D eigenvalue weighted by atomic mass is 10.1. The van der Waals surface area contributed by atoms with Crippen LogP contribution in [0.4, 0.5) is 17.6 Å². The number of rotatable bonds is 1. The van der Waals surface area contributed by atoms with E-state index < -0.39 is 29.2 Å². The van der Waals surface area contributed by atoms with Gasteiger partial charge in [-0.15, -0.1) is 0 Å². The van der Waals surface area contributed by atoms with Gasteiger partial charge in [-0.2, -0.15) is 17.6 Å². The highest BCUT2D eigenvalue weighted by Gasteiger charge is 2.39. The number of carboxylic acids is 1. The van der Waals surface area contributed by atoms with E-state index in [1.54, 1.807) is 0 Å². The van der Waals surface area contributed by atoms with Crippen molar-refractivity contribution in [3.05, 3.63) is 29.3 Å². The summed E-state index contributed by atoms with van der Waals surface area (Å²) in [7, 11) is 0. The van der Waals surface area contributed by atoms with Crippen molar-refractivity contribution in [2.24, 2.45) is 0 Å². The summed E-state index contributed by atoms with van der Waals surface area (Å²) in [6.07, 6.45) is -4.40. The third kappa shape index (κ3) is 1.81. The molecular weight excluding hydrogens is 206 g/mol. The Kier molecular flexibility index (Phi) is 2.41. The fraction of sp³-hybridized carbons (Fsp3) is 0.143. The Morgan fingerprint density at radius 2 is 2.00 bits per heavy atom. The average molecular weight is 209 g/mol. The van der Waals surface area contributed by atoms with Gasteiger partial charge in [-0.25, -0.2) is 9.78 Å². The highest BCUT2D eigenvalue weighted by atomic mass is 19.4. The molecule has 0 fully saturated rings. The summed E-state index contributed by atoms with van der Waals surface area (Å²) in [5.74, 6) is -3.68. The molecule has 0 amide bonds. The van der Waals surface area contributed by atoms with E-state index in [1.165, 1.54) is 0 Å². The number of aromatic nitrogens is 1. The molecule has 0 saturated heterocycles. The van der Waals surface area contributed by atoms with Crippen LogP contribution in [0.5, 0.6) is 0 Å². The van der Waals surface area contributed by atoms with Crippen LogP contribution in [0, 0.1) is 5.95 Å². The van der Waals surface area contributed by atoms with Crippen LogP contribution < -0.4 is 0 Å². The van der Waals surface area contributed by atoms with Gasteiger partial charge in [0.2, 0.25) is 5.95 Å². The van der Waals surface area contributed by atoms with E-state index in [2.05, 4.69) is 4.98 Å². The van der Waals surface area contributed by atoms with Gasteiger partial charge in [-0.1, -0.05) is 0 Å². The van der Waals surface area contributed by atoms with E-state index in [-0.39, 0.29) is 0 Å². The maximum absolute atomic E-state index is 12.6. The van der Waals surface area contributed by atoms with Crippen molar-refractivity contribution >= 4 is 5.97 Å². The summed E-state index contributed by atoms with van der Waals surface area (Å²) in [5.41, 5.74) is -3.00. The standard InChI is InChI=1S/C7H3F4NO2/c8-5-4(7(9,10)11)3(6(13)14)1-2-12-5/h1-2H,(H,13,14). The van der Waals surface area contributed by atoms with Crippen molar-refractivity contribution in [1.82, 2.24) is 4.98 Å². The second-order valence-electron chi connectivity index (χ2n) is 2.33. The predicted molar refractivity (Wildman–Crippen MR) is 36.2 cm³/mol. The summed E-state index contributed by atoms with van der Waals surface area (Å²) in [6, 6.07) is 0.592. The molecule has 0 unspecified atom stereocenters. The number of carboxylic acid groups (broad SMARTS) is 1. The minimum atomic E-state index is -5.06. The first-order chi connectivity index (χ1) is 6.34. The smallest absolute Gasteiger partial charge is 0.421 e. The monoisotopic (exact) mass is 209 g/mol. The summed E-state index contributed by atoms with van der Waals surface area (Å²) < 4.78 is 49.0. The van der Waals surface area contributed by atoms with Gasteiger partial charge in [-0.3, -0.25) is 0 Å². The lowest BCUT2D eigenvalue weighted by Gasteiger charge is -2.09. The van der Waals surface area contributed by atoms with Crippen molar-refractivity contribution < 1.29 is 27.5 Å². The van der Waals surface area contributed by atoms with Gasteiger partial charge >= 0.3 is 12.1 Å². The molecular formula is C7H3F4NO2. The van der Waals surface area contributed by atoms with Crippen LogP contribution in [0.15, 0.2) is 12.3 Å². The van der Waals surface area contributed by atoms with Crippen molar-refractivity contribution in [1.29, 1.82) is 0 Å². The zero-order chi connectivity index (χ0) is 10.9. The maximum atomic E-state index is 12.6. The van der Waals surface area contributed by atoms with Crippen LogP contribution in [-0.4, -0.2) is 16.1 Å². The number of pyridine rings is 1. The molecule has 0 aliphatic carbocycles. The van der Waals surface area contributed by atoms with Crippen molar-refractivity contribution in [2.75, 3.05) is 0 Å². The minimum Gasteiger partial charge on any atom is -0.478 e. The summed E-state index contributed by atoms with van der Waals surface area (Å²) >= 11 is 0. The predicted octanol–water partition coefficient (Wildman–Crippen LogP) is 1.94. The fourth-order valence-corrected chi connectivity index (χ4v) is 0.884. The largest absolute Gasteiger partial charge is 0.478 e. The Morgan fingerprint density at radius 3 is 2.36 bits per heavy atom. The molecule has 1 rings (SSSR count). The van der Waals surface area contributed by atoms with E-state index >= 15 is 0 Å². The number of nitrogens with zero attached hydrogens (tertiary/aromatic N) is 1. The molecule has 0 aliphatic rings. The third-order valence-corrected chi connectivity index (χ3v) is 1.42. The van der Waals surface area contributed by atoms with Crippen molar-refractivity contribution in [3.63, 3.8) is 0 Å². The van der Waals surface area contributed by atoms with Crippen LogP contribution in [0.2, 0.25) is 0 Å². The second-order valence-corrected chi connectivity index (χ2v) is 2.33. The molecule has 0 atom stereocenters. The minimum absolute atomic E-state index is 0.592. The molecule has 3 nitrogen and oxygen atoms in total. The van der Waals surface area contributed by atoms with Gasteiger partial charge in [0.1, 0.15) is 5.56 Å². The molecule has 76 valence electrons. The van der Waals surface area contributed by atoms with Gasteiger partial charge < -0.3 is 5.11 Å². The number of alkyl halides is 3. The molecule has 0 saturated carbocycles. The third-order valence-electron chi connectivity index (χ3n) is 1.42.